The smallest absolute Gasteiger partial charge is 0.115 e. The van der Waals surface area contributed by atoms with Crippen molar-refractivity contribution in [1.82, 2.24) is 15.3 Å². The highest BCUT2D eigenvalue weighted by Crippen LogP contribution is 2.17. The van der Waals surface area contributed by atoms with Crippen LogP contribution in [0.2, 0.25) is 0 Å². The van der Waals surface area contributed by atoms with Crippen LogP contribution < -0.4 is 5.32 Å². The first kappa shape index (κ1) is 11.8. The largest absolute Gasteiger partial charge is 0.469 e. The van der Waals surface area contributed by atoms with Crippen LogP contribution in [-0.2, 0) is 6.42 Å². The molecule has 0 saturated carbocycles. The summed E-state index contributed by atoms with van der Waals surface area (Å²) in [5.41, 5.74) is 1.13. The molecule has 0 bridgehead atoms. The minimum Gasteiger partial charge on any atom is -0.469 e. The first-order valence-corrected chi connectivity index (χ1v) is 5.91. The van der Waals surface area contributed by atoms with Crippen molar-refractivity contribution in [1.29, 1.82) is 0 Å². The van der Waals surface area contributed by atoms with E-state index in [1.165, 1.54) is 0 Å². The Morgan fingerprint density at radius 1 is 1.35 bits per heavy atom. The van der Waals surface area contributed by atoms with E-state index in [4.69, 9.17) is 4.42 Å². The van der Waals surface area contributed by atoms with E-state index >= 15 is 0 Å². The molecule has 2 aromatic rings. The van der Waals surface area contributed by atoms with Crippen LogP contribution >= 0.6 is 0 Å². The predicted molar refractivity (Wildman–Crippen MR) is 65.5 cm³/mol. The van der Waals surface area contributed by atoms with E-state index < -0.39 is 0 Å². The first-order chi connectivity index (χ1) is 8.40. The van der Waals surface area contributed by atoms with Gasteiger partial charge < -0.3 is 9.73 Å². The Balaban J connectivity index is 1.98. The molecule has 1 unspecified atom stereocenters. The zero-order chi connectivity index (χ0) is 11.9. The van der Waals surface area contributed by atoms with Crippen LogP contribution in [-0.4, -0.2) is 16.5 Å². The lowest BCUT2D eigenvalue weighted by Gasteiger charge is -2.16. The molecule has 2 rings (SSSR count). The van der Waals surface area contributed by atoms with E-state index in [0.29, 0.717) is 0 Å². The summed E-state index contributed by atoms with van der Waals surface area (Å²) in [4.78, 5) is 8.12. The molecule has 4 nitrogen and oxygen atoms in total. The van der Waals surface area contributed by atoms with Crippen molar-refractivity contribution in [2.75, 3.05) is 6.54 Å². The summed E-state index contributed by atoms with van der Waals surface area (Å²) in [7, 11) is 0. The summed E-state index contributed by atoms with van der Waals surface area (Å²) in [6.45, 7) is 3.03. The Labute approximate surface area is 101 Å². The molecule has 1 N–H and O–H groups in total. The SMILES string of the molecule is CCNC(CCc1ccco1)c1cncnc1. The Morgan fingerprint density at radius 3 is 2.82 bits per heavy atom. The molecule has 0 aliphatic heterocycles. The van der Waals surface area contributed by atoms with Crippen molar-refractivity contribution in [2.24, 2.45) is 0 Å². The molecule has 0 aromatic carbocycles. The standard InChI is InChI=1S/C13H17N3O/c1-2-16-13(11-8-14-10-15-9-11)6-5-12-4-3-7-17-12/h3-4,7-10,13,16H,2,5-6H2,1H3. The number of aryl methyl sites for hydroxylation is 1. The minimum absolute atomic E-state index is 0.284. The van der Waals surface area contributed by atoms with Crippen molar-refractivity contribution in [3.05, 3.63) is 48.4 Å². The minimum atomic E-state index is 0.284. The average molecular weight is 231 g/mol. The predicted octanol–water partition coefficient (Wildman–Crippen LogP) is 2.35. The van der Waals surface area contributed by atoms with Crippen molar-refractivity contribution in [3.63, 3.8) is 0 Å². The summed E-state index contributed by atoms with van der Waals surface area (Å²) in [5, 5.41) is 3.44. The maximum absolute atomic E-state index is 5.34. The van der Waals surface area contributed by atoms with Crippen molar-refractivity contribution < 1.29 is 4.42 Å². The Morgan fingerprint density at radius 2 is 2.18 bits per heavy atom. The highest BCUT2D eigenvalue weighted by atomic mass is 16.3. The van der Waals surface area contributed by atoms with Gasteiger partial charge >= 0.3 is 0 Å². The van der Waals surface area contributed by atoms with Crippen molar-refractivity contribution in [2.45, 2.75) is 25.8 Å². The summed E-state index contributed by atoms with van der Waals surface area (Å²) in [5.74, 6) is 1.02. The Hall–Kier alpha value is -1.68. The van der Waals surface area contributed by atoms with Gasteiger partial charge in [0, 0.05) is 30.4 Å². The van der Waals surface area contributed by atoms with Gasteiger partial charge in [-0.25, -0.2) is 9.97 Å². The molecule has 2 heterocycles. The number of nitrogens with zero attached hydrogens (tertiary/aromatic N) is 2. The van der Waals surface area contributed by atoms with Crippen LogP contribution in [0.5, 0.6) is 0 Å². The molecule has 0 aliphatic rings. The van der Waals surface area contributed by atoms with Crippen LogP contribution in [0.4, 0.5) is 0 Å². The third-order valence-electron chi connectivity index (χ3n) is 2.69. The molecular weight excluding hydrogens is 214 g/mol. The van der Waals surface area contributed by atoms with Gasteiger partial charge in [-0.15, -0.1) is 0 Å². The number of hydrogen-bond donors (Lipinski definition) is 1. The third-order valence-corrected chi connectivity index (χ3v) is 2.69. The number of rotatable bonds is 6. The van der Waals surface area contributed by atoms with Crippen molar-refractivity contribution in [3.8, 4) is 0 Å². The lowest BCUT2D eigenvalue weighted by molar-refractivity contribution is 0.457. The van der Waals surface area contributed by atoms with Gasteiger partial charge in [-0.05, 0) is 25.1 Å². The highest BCUT2D eigenvalue weighted by molar-refractivity contribution is 5.10. The second-order valence-electron chi connectivity index (χ2n) is 3.90. The maximum Gasteiger partial charge on any atom is 0.115 e. The van der Waals surface area contributed by atoms with Crippen LogP contribution in [0, 0.1) is 0 Å². The fraction of sp³-hybridized carbons (Fsp3) is 0.385. The molecule has 0 radical (unpaired) electrons. The molecule has 0 saturated heterocycles. The van der Waals surface area contributed by atoms with Crippen LogP contribution in [0.15, 0.2) is 41.5 Å². The summed E-state index contributed by atoms with van der Waals surface area (Å²) in [6, 6.07) is 4.21. The Bertz CT molecular complexity index is 413. The quantitative estimate of drug-likeness (QED) is 0.829. The third kappa shape index (κ3) is 3.39. The molecule has 2 aromatic heterocycles. The molecule has 0 fully saturated rings. The van der Waals surface area contributed by atoms with Gasteiger partial charge in [0.2, 0.25) is 0 Å². The maximum atomic E-state index is 5.34. The number of aromatic nitrogens is 2. The number of nitrogens with one attached hydrogen (secondary N) is 1. The lowest BCUT2D eigenvalue weighted by atomic mass is 10.0. The summed E-state index contributed by atoms with van der Waals surface area (Å²) in [6.07, 6.45) is 8.89. The molecular formula is C13H17N3O. The zero-order valence-electron chi connectivity index (χ0n) is 9.97. The second-order valence-corrected chi connectivity index (χ2v) is 3.90. The van der Waals surface area contributed by atoms with Crippen LogP contribution in [0.1, 0.15) is 30.7 Å². The first-order valence-electron chi connectivity index (χ1n) is 5.91. The van der Waals surface area contributed by atoms with E-state index in [9.17, 15) is 0 Å². The van der Waals surface area contributed by atoms with E-state index in [1.54, 1.807) is 12.6 Å². The summed E-state index contributed by atoms with van der Waals surface area (Å²) < 4.78 is 5.34. The second kappa shape index (κ2) is 6.15. The van der Waals surface area contributed by atoms with Crippen molar-refractivity contribution >= 4 is 0 Å². The lowest BCUT2D eigenvalue weighted by Crippen LogP contribution is -2.21. The monoisotopic (exact) mass is 231 g/mol. The molecule has 0 spiro atoms. The fourth-order valence-corrected chi connectivity index (χ4v) is 1.86. The van der Waals surface area contributed by atoms with Crippen LogP contribution in [0.25, 0.3) is 0 Å². The molecule has 1 atom stereocenters. The van der Waals surface area contributed by atoms with Gasteiger partial charge in [-0.1, -0.05) is 6.92 Å². The van der Waals surface area contributed by atoms with E-state index in [0.717, 1.165) is 30.7 Å². The Kier molecular flexibility index (Phi) is 4.27. The summed E-state index contributed by atoms with van der Waals surface area (Å²) >= 11 is 0. The molecule has 17 heavy (non-hydrogen) atoms. The zero-order valence-corrected chi connectivity index (χ0v) is 9.97. The molecule has 4 heteroatoms. The fourth-order valence-electron chi connectivity index (χ4n) is 1.86. The average Bonchev–Trinajstić information content (AvgIpc) is 2.88. The topological polar surface area (TPSA) is 51.0 Å². The van der Waals surface area contributed by atoms with Gasteiger partial charge in [0.25, 0.3) is 0 Å². The van der Waals surface area contributed by atoms with Gasteiger partial charge in [0.05, 0.1) is 6.26 Å². The van der Waals surface area contributed by atoms with Gasteiger partial charge in [0.1, 0.15) is 12.1 Å². The molecule has 0 aliphatic carbocycles. The van der Waals surface area contributed by atoms with E-state index in [2.05, 4.69) is 22.2 Å². The van der Waals surface area contributed by atoms with E-state index in [1.807, 2.05) is 24.5 Å². The molecule has 90 valence electrons. The number of furan rings is 1. The van der Waals surface area contributed by atoms with Gasteiger partial charge in [0.15, 0.2) is 0 Å². The highest BCUT2D eigenvalue weighted by Gasteiger charge is 2.11. The number of hydrogen-bond acceptors (Lipinski definition) is 4. The normalized spacial score (nSPS) is 12.5. The van der Waals surface area contributed by atoms with E-state index in [-0.39, 0.29) is 6.04 Å². The molecule has 0 amide bonds. The van der Waals surface area contributed by atoms with Crippen LogP contribution in [0.3, 0.4) is 0 Å². The van der Waals surface area contributed by atoms with Gasteiger partial charge in [-0.3, -0.25) is 0 Å². The van der Waals surface area contributed by atoms with Gasteiger partial charge in [-0.2, -0.15) is 0 Å².